The van der Waals surface area contributed by atoms with Crippen molar-refractivity contribution in [2.75, 3.05) is 26.4 Å². The Morgan fingerprint density at radius 1 is 0.386 bits per heavy atom. The normalized spacial score (nSPS) is 14.9. The molecule has 0 aliphatic rings. The predicted molar refractivity (Wildman–Crippen MR) is 190 cm³/mol. The predicted octanol–water partition coefficient (Wildman–Crippen LogP) is 11.3. The Balaban J connectivity index is 0. The van der Waals surface area contributed by atoms with Crippen LogP contribution in [0, 0.1) is 11.8 Å². The Morgan fingerprint density at radius 2 is 0.568 bits per heavy atom. The largest absolute Gasteiger partial charge is 0.410 e. The van der Waals surface area contributed by atoms with E-state index in [1.54, 1.807) is 26.2 Å². The Morgan fingerprint density at radius 3 is 0.750 bits per heavy atom. The van der Waals surface area contributed by atoms with Crippen molar-refractivity contribution in [3.8, 4) is 11.8 Å². The van der Waals surface area contributed by atoms with E-state index >= 15 is 0 Å². The van der Waals surface area contributed by atoms with Crippen molar-refractivity contribution >= 4 is 33.3 Å². The number of rotatable bonds is 11. The first-order chi connectivity index (χ1) is 18.9. The van der Waals surface area contributed by atoms with E-state index in [4.69, 9.17) is 17.7 Å². The van der Waals surface area contributed by atoms with Gasteiger partial charge in [-0.15, -0.1) is 0 Å². The molecule has 0 aliphatic heterocycles. The van der Waals surface area contributed by atoms with Gasteiger partial charge in [0.2, 0.25) is 0 Å². The molecule has 0 fully saturated rings. The zero-order valence-corrected chi connectivity index (χ0v) is 36.0. The Kier molecular flexibility index (Phi) is 16.2. The molecule has 264 valence electrons. The summed E-state index contributed by atoms with van der Waals surface area (Å²) in [5.41, 5.74) is 0. The summed E-state index contributed by atoms with van der Waals surface area (Å²) in [6.07, 6.45) is 0. The highest BCUT2D eigenvalue weighted by Crippen LogP contribution is 2.43. The summed E-state index contributed by atoms with van der Waals surface area (Å²) in [5.74, 6) is -2.32. The first-order valence-corrected chi connectivity index (χ1v) is 27.3. The first kappa shape index (κ1) is 46.1. The molecule has 0 saturated carbocycles. The molecule has 0 heterocycles. The third kappa shape index (κ3) is 14.4. The highest BCUT2D eigenvalue weighted by Gasteiger charge is 2.58. The molecular weight excluding hydrogens is 637 g/mol. The minimum atomic E-state index is -4.26. The Labute approximate surface area is 273 Å². The number of hydrogen-bond acceptors (Lipinski definition) is 4. The quantitative estimate of drug-likeness (QED) is 0.122. The van der Waals surface area contributed by atoms with E-state index in [-0.39, 0.29) is 20.2 Å². The van der Waals surface area contributed by atoms with Crippen LogP contribution in [0.2, 0.25) is 72.5 Å². The molecule has 44 heavy (non-hydrogen) atoms. The molecule has 0 amide bonds. The van der Waals surface area contributed by atoms with Gasteiger partial charge in [-0.3, -0.25) is 0 Å². The SMILES string of the molecule is CC(C)(C)[Si](C)(C)OCC#CCO[Si](C)(C)C(C)(C)C.CC(C)(C)[Si](C)(C)OCC(F)(F)C(F)(F)CO[Si](C)(C)C(C)(C)C. The molecule has 0 aromatic carbocycles. The van der Waals surface area contributed by atoms with Crippen molar-refractivity contribution in [1.29, 1.82) is 0 Å². The van der Waals surface area contributed by atoms with Gasteiger partial charge < -0.3 is 17.7 Å². The van der Waals surface area contributed by atoms with Crippen molar-refractivity contribution in [3.63, 3.8) is 0 Å². The molecule has 0 saturated heterocycles. The van der Waals surface area contributed by atoms with Gasteiger partial charge in [-0.25, -0.2) is 0 Å². The summed E-state index contributed by atoms with van der Waals surface area (Å²) in [4.78, 5) is 0. The maximum absolute atomic E-state index is 14.1. The highest BCUT2D eigenvalue weighted by molar-refractivity contribution is 6.75. The molecular formula is C32H68F4O4Si4. The van der Waals surface area contributed by atoms with Crippen molar-refractivity contribution in [3.05, 3.63) is 0 Å². The van der Waals surface area contributed by atoms with E-state index < -0.39 is 58.3 Å². The minimum Gasteiger partial charge on any atom is -0.410 e. The third-order valence-corrected chi connectivity index (χ3v) is 28.0. The Bertz CT molecular complexity index is 871. The second kappa shape index (κ2) is 15.5. The maximum atomic E-state index is 14.1. The fourth-order valence-corrected chi connectivity index (χ4v) is 5.84. The fourth-order valence-electron chi connectivity index (χ4n) is 2.15. The van der Waals surface area contributed by atoms with Gasteiger partial charge in [0.25, 0.3) is 0 Å². The molecule has 0 aromatic rings. The van der Waals surface area contributed by atoms with Crippen LogP contribution >= 0.6 is 0 Å². The van der Waals surface area contributed by atoms with E-state index in [1.165, 1.54) is 0 Å². The van der Waals surface area contributed by atoms with E-state index in [0.717, 1.165) is 0 Å². The van der Waals surface area contributed by atoms with Gasteiger partial charge in [-0.05, 0) is 72.5 Å². The average molecular weight is 705 g/mol. The van der Waals surface area contributed by atoms with E-state index in [1.807, 2.05) is 41.5 Å². The second-order valence-corrected chi connectivity index (χ2v) is 37.2. The van der Waals surface area contributed by atoms with Gasteiger partial charge >= 0.3 is 11.8 Å². The van der Waals surface area contributed by atoms with Gasteiger partial charge in [0.05, 0.1) is 13.2 Å². The van der Waals surface area contributed by atoms with Gasteiger partial charge in [0.1, 0.15) is 13.2 Å². The Hall–Kier alpha value is -0.0125. The minimum absolute atomic E-state index is 0.242. The van der Waals surface area contributed by atoms with Gasteiger partial charge in [0.15, 0.2) is 33.3 Å². The third-order valence-electron chi connectivity index (χ3n) is 10.1. The lowest BCUT2D eigenvalue weighted by molar-refractivity contribution is -0.235. The molecule has 0 spiro atoms. The summed E-state index contributed by atoms with van der Waals surface area (Å²) >= 11 is 0. The van der Waals surface area contributed by atoms with Gasteiger partial charge in [0, 0.05) is 0 Å². The first-order valence-electron chi connectivity index (χ1n) is 15.6. The maximum Gasteiger partial charge on any atom is 0.333 e. The fraction of sp³-hybridized carbons (Fsp3) is 0.938. The van der Waals surface area contributed by atoms with Crippen molar-refractivity contribution in [2.24, 2.45) is 0 Å². The molecule has 4 nitrogen and oxygen atoms in total. The zero-order chi connectivity index (χ0) is 36.1. The summed E-state index contributed by atoms with van der Waals surface area (Å²) in [6, 6.07) is 0. The lowest BCUT2D eigenvalue weighted by atomic mass is 10.2. The van der Waals surface area contributed by atoms with Crippen molar-refractivity contribution in [1.82, 2.24) is 0 Å². The van der Waals surface area contributed by atoms with Crippen LogP contribution in [0.25, 0.3) is 0 Å². The second-order valence-electron chi connectivity index (χ2n) is 18.0. The zero-order valence-electron chi connectivity index (χ0n) is 32.0. The molecule has 0 aliphatic carbocycles. The molecule has 12 heteroatoms. The van der Waals surface area contributed by atoms with Crippen LogP contribution in [0.1, 0.15) is 83.1 Å². The van der Waals surface area contributed by atoms with Crippen LogP contribution in [-0.4, -0.2) is 71.5 Å². The summed E-state index contributed by atoms with van der Waals surface area (Å²) in [6.45, 7) is 39.2. The molecule has 0 radical (unpaired) electrons. The van der Waals surface area contributed by atoms with Crippen LogP contribution in [-0.2, 0) is 17.7 Å². The average Bonchev–Trinajstić information content (AvgIpc) is 2.76. The lowest BCUT2D eigenvalue weighted by Gasteiger charge is -2.40. The monoisotopic (exact) mass is 704 g/mol. The molecule has 0 unspecified atom stereocenters. The molecule has 0 bridgehead atoms. The van der Waals surface area contributed by atoms with Crippen molar-refractivity contribution in [2.45, 2.75) is 167 Å². The van der Waals surface area contributed by atoms with Crippen LogP contribution in [0.4, 0.5) is 17.6 Å². The van der Waals surface area contributed by atoms with Crippen LogP contribution in [0.3, 0.4) is 0 Å². The number of halogens is 4. The molecule has 0 atom stereocenters. The van der Waals surface area contributed by atoms with Gasteiger partial charge in [-0.2, -0.15) is 17.6 Å². The summed E-state index contributed by atoms with van der Waals surface area (Å²) in [5, 5.41) is -0.162. The van der Waals surface area contributed by atoms with E-state index in [9.17, 15) is 17.6 Å². The van der Waals surface area contributed by atoms with E-state index in [2.05, 4.69) is 79.6 Å². The molecule has 0 aromatic heterocycles. The van der Waals surface area contributed by atoms with Crippen LogP contribution in [0.15, 0.2) is 0 Å². The lowest BCUT2D eigenvalue weighted by Crippen LogP contribution is -2.53. The topological polar surface area (TPSA) is 36.9 Å². The molecule has 0 N–H and O–H groups in total. The standard InChI is InChI=1S/C16H34F4O2Si2.C16H34O2Si2/c1-13(2,3)23(7,8)21-11-15(17,18)16(19,20)12-22-24(9,10)14(4,5)6;1-15(2,3)19(7,8)17-13-11-12-14-18-20(9,10)16(4,5)6/h11-12H2,1-10H3;13-14H2,1-10H3. The number of hydrogen-bond donors (Lipinski definition) is 0. The smallest absolute Gasteiger partial charge is 0.333 e. The number of alkyl halides is 4. The van der Waals surface area contributed by atoms with Crippen LogP contribution < -0.4 is 0 Å². The van der Waals surface area contributed by atoms with E-state index in [0.29, 0.717) is 13.2 Å². The molecule has 0 rings (SSSR count). The summed E-state index contributed by atoms with van der Waals surface area (Å²) in [7, 11) is -8.39. The van der Waals surface area contributed by atoms with Gasteiger partial charge in [-0.1, -0.05) is 94.9 Å². The summed E-state index contributed by atoms with van der Waals surface area (Å²) < 4.78 is 78.9. The highest BCUT2D eigenvalue weighted by atomic mass is 28.4. The van der Waals surface area contributed by atoms with Crippen LogP contribution in [0.5, 0.6) is 0 Å². The van der Waals surface area contributed by atoms with Crippen molar-refractivity contribution < 1.29 is 35.3 Å².